The Labute approximate surface area is 120 Å². The third-order valence-corrected chi connectivity index (χ3v) is 4.61. The van der Waals surface area contributed by atoms with Crippen LogP contribution >= 0.6 is 22.7 Å². The molecular formula is C12H16N4OS2. The molecular weight excluding hydrogens is 280 g/mol. The minimum absolute atomic E-state index is 0.00525. The lowest BCUT2D eigenvalue weighted by molar-refractivity contribution is 0.0954. The zero-order valence-corrected chi connectivity index (χ0v) is 13.0. The Morgan fingerprint density at radius 2 is 2.05 bits per heavy atom. The minimum atomic E-state index is -0.113. The normalized spacial score (nSPS) is 11.6. The molecule has 2 aromatic rings. The van der Waals surface area contributed by atoms with Crippen molar-refractivity contribution in [1.82, 2.24) is 20.5 Å². The summed E-state index contributed by atoms with van der Waals surface area (Å²) in [5, 5.41) is 13.8. The third-order valence-electron chi connectivity index (χ3n) is 2.35. The summed E-state index contributed by atoms with van der Waals surface area (Å²) in [6.45, 7) is 8.56. The summed E-state index contributed by atoms with van der Waals surface area (Å²) >= 11 is 2.92. The van der Waals surface area contributed by atoms with Crippen molar-refractivity contribution in [3.63, 3.8) is 0 Å². The largest absolute Gasteiger partial charge is 0.345 e. The number of amides is 1. The van der Waals surface area contributed by atoms with Gasteiger partial charge in [-0.1, -0.05) is 32.1 Å². The molecule has 0 aliphatic carbocycles. The number of nitrogens with zero attached hydrogens (tertiary/aromatic N) is 3. The second kappa shape index (κ2) is 5.34. The van der Waals surface area contributed by atoms with Crippen molar-refractivity contribution in [2.45, 2.75) is 39.7 Å². The van der Waals surface area contributed by atoms with Gasteiger partial charge in [-0.2, -0.15) is 0 Å². The first-order chi connectivity index (χ1) is 8.86. The quantitative estimate of drug-likeness (QED) is 0.945. The van der Waals surface area contributed by atoms with E-state index in [9.17, 15) is 4.79 Å². The highest BCUT2D eigenvalue weighted by Crippen LogP contribution is 2.25. The van der Waals surface area contributed by atoms with Gasteiger partial charge in [0.1, 0.15) is 14.9 Å². The lowest BCUT2D eigenvalue weighted by atomic mass is 9.98. The van der Waals surface area contributed by atoms with Gasteiger partial charge in [0.15, 0.2) is 0 Å². The van der Waals surface area contributed by atoms with Crippen molar-refractivity contribution < 1.29 is 4.79 Å². The summed E-state index contributed by atoms with van der Waals surface area (Å²) in [6, 6.07) is 0. The van der Waals surface area contributed by atoms with E-state index in [4.69, 9.17) is 0 Å². The molecule has 0 spiro atoms. The smallest absolute Gasteiger partial charge is 0.263 e. The van der Waals surface area contributed by atoms with Crippen molar-refractivity contribution >= 4 is 28.6 Å². The van der Waals surface area contributed by atoms with E-state index in [1.165, 1.54) is 22.7 Å². The first-order valence-corrected chi connectivity index (χ1v) is 7.53. The predicted octanol–water partition coefficient (Wildman–Crippen LogP) is 2.53. The molecule has 0 atom stereocenters. The highest BCUT2D eigenvalue weighted by molar-refractivity contribution is 7.13. The number of nitrogens with one attached hydrogen (secondary N) is 1. The van der Waals surface area contributed by atoms with E-state index < -0.39 is 0 Å². The Morgan fingerprint density at radius 1 is 1.32 bits per heavy atom. The number of carbonyl (C=O) groups is 1. The maximum absolute atomic E-state index is 11.9. The number of aryl methyl sites for hydroxylation is 1. The Bertz CT molecular complexity index is 583. The Kier molecular flexibility index (Phi) is 3.96. The molecule has 0 saturated carbocycles. The number of rotatable bonds is 3. The zero-order valence-electron chi connectivity index (χ0n) is 11.4. The van der Waals surface area contributed by atoms with Gasteiger partial charge in [-0.3, -0.25) is 4.79 Å². The topological polar surface area (TPSA) is 67.8 Å². The maximum Gasteiger partial charge on any atom is 0.263 e. The number of hydrogen-bond acceptors (Lipinski definition) is 6. The van der Waals surface area contributed by atoms with Crippen LogP contribution in [0.25, 0.3) is 0 Å². The van der Waals surface area contributed by atoms with Crippen LogP contribution in [0.5, 0.6) is 0 Å². The maximum atomic E-state index is 11.9. The average molecular weight is 296 g/mol. The third kappa shape index (κ3) is 3.57. The minimum Gasteiger partial charge on any atom is -0.345 e. The van der Waals surface area contributed by atoms with E-state index >= 15 is 0 Å². The first kappa shape index (κ1) is 14.1. The molecule has 0 aromatic carbocycles. The van der Waals surface area contributed by atoms with Gasteiger partial charge in [-0.05, 0) is 6.92 Å². The van der Waals surface area contributed by atoms with Crippen molar-refractivity contribution in [2.75, 3.05) is 0 Å². The van der Waals surface area contributed by atoms with Crippen LogP contribution in [-0.4, -0.2) is 21.1 Å². The van der Waals surface area contributed by atoms with E-state index in [0.717, 1.165) is 15.0 Å². The van der Waals surface area contributed by atoms with Crippen LogP contribution in [0.1, 0.15) is 45.5 Å². The Morgan fingerprint density at radius 3 is 2.58 bits per heavy atom. The summed E-state index contributed by atoms with van der Waals surface area (Å²) in [5.41, 5.74) is -0.00525. The Hall–Kier alpha value is -1.34. The highest BCUT2D eigenvalue weighted by atomic mass is 32.1. The van der Waals surface area contributed by atoms with Crippen molar-refractivity contribution in [3.8, 4) is 0 Å². The highest BCUT2D eigenvalue weighted by Gasteiger charge is 2.19. The molecule has 2 heterocycles. The molecule has 0 radical (unpaired) electrons. The summed E-state index contributed by atoms with van der Waals surface area (Å²) in [7, 11) is 0. The molecule has 2 aromatic heterocycles. The van der Waals surface area contributed by atoms with E-state index in [1.54, 1.807) is 6.20 Å². The zero-order chi connectivity index (χ0) is 14.0. The van der Waals surface area contributed by atoms with Crippen molar-refractivity contribution in [3.05, 3.63) is 26.1 Å². The summed E-state index contributed by atoms with van der Waals surface area (Å²) in [5.74, 6) is -0.113. The molecule has 19 heavy (non-hydrogen) atoms. The molecule has 1 amide bonds. The molecule has 0 unspecified atom stereocenters. The van der Waals surface area contributed by atoms with E-state index in [-0.39, 0.29) is 11.3 Å². The van der Waals surface area contributed by atoms with Gasteiger partial charge in [0.2, 0.25) is 0 Å². The molecule has 0 aliphatic heterocycles. The molecule has 2 rings (SSSR count). The number of aromatic nitrogens is 3. The summed E-state index contributed by atoms with van der Waals surface area (Å²) in [4.78, 5) is 16.5. The Balaban J connectivity index is 1.96. The van der Waals surface area contributed by atoms with Crippen LogP contribution in [0.3, 0.4) is 0 Å². The fourth-order valence-corrected chi connectivity index (χ4v) is 2.87. The van der Waals surface area contributed by atoms with Gasteiger partial charge in [-0.25, -0.2) is 4.98 Å². The average Bonchev–Trinajstić information content (AvgIpc) is 2.93. The lowest BCUT2D eigenvalue weighted by Crippen LogP contribution is -2.21. The van der Waals surface area contributed by atoms with Crippen LogP contribution < -0.4 is 5.32 Å². The van der Waals surface area contributed by atoms with Gasteiger partial charge in [-0.15, -0.1) is 21.5 Å². The van der Waals surface area contributed by atoms with Crippen LogP contribution in [0, 0.1) is 6.92 Å². The fourth-order valence-electron chi connectivity index (χ4n) is 1.34. The van der Waals surface area contributed by atoms with Gasteiger partial charge >= 0.3 is 0 Å². The van der Waals surface area contributed by atoms with Gasteiger partial charge in [0.25, 0.3) is 5.91 Å². The van der Waals surface area contributed by atoms with Gasteiger partial charge < -0.3 is 5.32 Å². The monoisotopic (exact) mass is 296 g/mol. The lowest BCUT2D eigenvalue weighted by Gasteiger charge is -2.12. The van der Waals surface area contributed by atoms with Crippen molar-refractivity contribution in [2.24, 2.45) is 0 Å². The van der Waals surface area contributed by atoms with Gasteiger partial charge in [0.05, 0.1) is 17.7 Å². The van der Waals surface area contributed by atoms with E-state index in [0.29, 0.717) is 11.4 Å². The second-order valence-electron chi connectivity index (χ2n) is 5.18. The predicted molar refractivity (Wildman–Crippen MR) is 76.6 cm³/mol. The van der Waals surface area contributed by atoms with Gasteiger partial charge in [0, 0.05) is 5.41 Å². The van der Waals surface area contributed by atoms with Crippen LogP contribution in [0.4, 0.5) is 0 Å². The molecule has 0 fully saturated rings. The number of hydrogen-bond donors (Lipinski definition) is 1. The first-order valence-electron chi connectivity index (χ1n) is 5.90. The van der Waals surface area contributed by atoms with Crippen LogP contribution in [0.15, 0.2) is 6.20 Å². The second-order valence-corrected chi connectivity index (χ2v) is 7.47. The number of thiazole rings is 1. The molecule has 5 nitrogen and oxygen atoms in total. The summed E-state index contributed by atoms with van der Waals surface area (Å²) < 4.78 is 0. The molecule has 0 bridgehead atoms. The number of carbonyl (C=O) groups excluding carboxylic acids is 1. The van der Waals surface area contributed by atoms with Crippen molar-refractivity contribution in [1.29, 1.82) is 0 Å². The summed E-state index contributed by atoms with van der Waals surface area (Å²) in [6.07, 6.45) is 1.59. The molecule has 102 valence electrons. The molecule has 0 aliphatic rings. The standard InChI is InChI=1S/C12H16N4OS2/c1-7-13-5-8(18-7)10(17)14-6-9-15-16-11(19-9)12(2,3)4/h5H,6H2,1-4H3,(H,14,17). The molecule has 1 N–H and O–H groups in total. The van der Waals surface area contributed by atoms with E-state index in [2.05, 4.69) is 41.3 Å². The van der Waals surface area contributed by atoms with Crippen LogP contribution in [-0.2, 0) is 12.0 Å². The van der Waals surface area contributed by atoms with E-state index in [1.807, 2.05) is 6.92 Å². The van der Waals surface area contributed by atoms with Crippen LogP contribution in [0.2, 0.25) is 0 Å². The molecule has 0 saturated heterocycles. The fraction of sp³-hybridized carbons (Fsp3) is 0.500. The SMILES string of the molecule is Cc1ncc(C(=O)NCc2nnc(C(C)(C)C)s2)s1. The molecule has 7 heteroatoms.